The molecular weight excluding hydrogens is 408 g/mol. The summed E-state index contributed by atoms with van der Waals surface area (Å²) in [4.78, 5) is 14.4. The molecule has 3 rings (SSSR count). The molecule has 0 aromatic carbocycles. The third-order valence-corrected chi connectivity index (χ3v) is 6.33. The van der Waals surface area contributed by atoms with Gasteiger partial charge in [0.15, 0.2) is 6.29 Å². The van der Waals surface area contributed by atoms with Gasteiger partial charge in [0.05, 0.1) is 32.1 Å². The molecule has 9 heteroatoms. The second kappa shape index (κ2) is 10.9. The number of likely N-dealkylation sites (tertiary alicyclic amines) is 1. The maximum absolute atomic E-state index is 12.6. The van der Waals surface area contributed by atoms with E-state index in [-0.39, 0.29) is 37.0 Å². The van der Waals surface area contributed by atoms with Crippen molar-refractivity contribution in [3.05, 3.63) is 23.8 Å². The lowest BCUT2D eigenvalue weighted by Crippen LogP contribution is -2.59. The van der Waals surface area contributed by atoms with Gasteiger partial charge < -0.3 is 19.1 Å². The number of rotatable bonds is 8. The van der Waals surface area contributed by atoms with Crippen LogP contribution in [0.25, 0.3) is 0 Å². The Morgan fingerprint density at radius 2 is 2.07 bits per heavy atom. The highest BCUT2D eigenvalue weighted by Gasteiger charge is 2.36. The number of piperidine rings is 1. The number of nitrogens with zero attached hydrogens (tertiary/aromatic N) is 1. The lowest BCUT2D eigenvalue weighted by molar-refractivity contribution is -0.212. The summed E-state index contributed by atoms with van der Waals surface area (Å²) in [5.74, 6) is 0.0401. The quantitative estimate of drug-likeness (QED) is 0.615. The molecule has 30 heavy (non-hydrogen) atoms. The molecule has 0 saturated carbocycles. The highest BCUT2D eigenvalue weighted by atomic mass is 32.2. The van der Waals surface area contributed by atoms with Gasteiger partial charge in [-0.25, -0.2) is 13.1 Å². The van der Waals surface area contributed by atoms with E-state index in [9.17, 15) is 13.2 Å². The van der Waals surface area contributed by atoms with Crippen molar-refractivity contribution in [3.63, 3.8) is 0 Å². The van der Waals surface area contributed by atoms with E-state index in [1.54, 1.807) is 4.90 Å². The number of ether oxygens (including phenoxy) is 3. The van der Waals surface area contributed by atoms with Crippen molar-refractivity contribution in [1.82, 2.24) is 9.62 Å². The van der Waals surface area contributed by atoms with Crippen molar-refractivity contribution in [2.24, 2.45) is 0 Å². The number of nitrogens with one attached hydrogen (secondary N) is 1. The van der Waals surface area contributed by atoms with E-state index in [4.69, 9.17) is 14.2 Å². The average molecular weight is 443 g/mol. The number of hydrogen-bond acceptors (Lipinski definition) is 6. The van der Waals surface area contributed by atoms with Crippen molar-refractivity contribution in [2.75, 3.05) is 32.6 Å². The fraction of sp³-hybridized carbons (Fsp3) is 0.762. The van der Waals surface area contributed by atoms with Gasteiger partial charge in [0.25, 0.3) is 0 Å². The molecule has 0 bridgehead atoms. The molecule has 3 aliphatic rings. The van der Waals surface area contributed by atoms with Gasteiger partial charge in [0.1, 0.15) is 6.10 Å². The first kappa shape index (κ1) is 23.4. The molecule has 2 aliphatic heterocycles. The number of sulfonamides is 1. The molecule has 1 amide bonds. The van der Waals surface area contributed by atoms with Crippen LogP contribution in [-0.2, 0) is 29.0 Å². The van der Waals surface area contributed by atoms with Crippen molar-refractivity contribution in [3.8, 4) is 0 Å². The Morgan fingerprint density at radius 3 is 2.70 bits per heavy atom. The molecule has 0 radical (unpaired) electrons. The Balaban J connectivity index is 1.58. The summed E-state index contributed by atoms with van der Waals surface area (Å²) >= 11 is 0. The largest absolute Gasteiger partial charge is 0.371 e. The molecule has 1 N–H and O–H groups in total. The average Bonchev–Trinajstić information content (AvgIpc) is 2.73. The van der Waals surface area contributed by atoms with E-state index in [0.717, 1.165) is 37.5 Å². The molecule has 2 heterocycles. The minimum atomic E-state index is -3.39. The highest BCUT2D eigenvalue weighted by molar-refractivity contribution is 7.88. The summed E-state index contributed by atoms with van der Waals surface area (Å²) in [6.45, 7) is 3.62. The SMILES string of the molecule is CCCC(=O)N1CCC[C@H](NS(C)(=O)=O)[C@@H]1COC1COC(C2=CCCC=C2)OC1. The van der Waals surface area contributed by atoms with Crippen LogP contribution < -0.4 is 4.72 Å². The molecule has 1 aliphatic carbocycles. The summed E-state index contributed by atoms with van der Waals surface area (Å²) < 4.78 is 44.1. The van der Waals surface area contributed by atoms with Gasteiger partial charge in [-0.2, -0.15) is 0 Å². The van der Waals surface area contributed by atoms with Gasteiger partial charge in [0.2, 0.25) is 15.9 Å². The van der Waals surface area contributed by atoms with Gasteiger partial charge in [0, 0.05) is 24.6 Å². The normalized spacial score (nSPS) is 30.2. The van der Waals surface area contributed by atoms with E-state index >= 15 is 0 Å². The van der Waals surface area contributed by atoms with Crippen LogP contribution in [0.5, 0.6) is 0 Å². The van der Waals surface area contributed by atoms with E-state index in [2.05, 4.69) is 16.9 Å². The number of carbonyl (C=O) groups excluding carboxylic acids is 1. The molecule has 2 saturated heterocycles. The maximum atomic E-state index is 12.6. The van der Waals surface area contributed by atoms with E-state index < -0.39 is 10.0 Å². The zero-order valence-electron chi connectivity index (χ0n) is 17.9. The fourth-order valence-corrected chi connectivity index (χ4v) is 4.99. The Morgan fingerprint density at radius 1 is 1.30 bits per heavy atom. The number of hydrogen-bond donors (Lipinski definition) is 1. The number of allylic oxidation sites excluding steroid dienone is 2. The highest BCUT2D eigenvalue weighted by Crippen LogP contribution is 2.23. The number of carbonyl (C=O) groups is 1. The summed E-state index contributed by atoms with van der Waals surface area (Å²) in [6, 6.07) is -0.695. The van der Waals surface area contributed by atoms with E-state index in [1.165, 1.54) is 0 Å². The second-order valence-electron chi connectivity index (χ2n) is 8.18. The van der Waals surface area contributed by atoms with Gasteiger partial charge in [-0.3, -0.25) is 4.79 Å². The molecule has 2 atom stereocenters. The van der Waals surface area contributed by atoms with Crippen LogP contribution in [0.1, 0.15) is 45.4 Å². The first-order valence-corrected chi connectivity index (χ1v) is 12.7. The Labute approximate surface area is 179 Å². The van der Waals surface area contributed by atoms with E-state index in [1.807, 2.05) is 13.0 Å². The van der Waals surface area contributed by atoms with Gasteiger partial charge in [-0.1, -0.05) is 25.2 Å². The Hall–Kier alpha value is -1.26. The van der Waals surface area contributed by atoms with Crippen LogP contribution in [0.15, 0.2) is 23.8 Å². The van der Waals surface area contributed by atoms with Crippen molar-refractivity contribution < 1.29 is 27.4 Å². The predicted molar refractivity (Wildman–Crippen MR) is 113 cm³/mol. The molecular formula is C21H34N2O6S. The van der Waals surface area contributed by atoms with Gasteiger partial charge >= 0.3 is 0 Å². The van der Waals surface area contributed by atoms with Crippen molar-refractivity contribution in [1.29, 1.82) is 0 Å². The van der Waals surface area contributed by atoms with Crippen LogP contribution >= 0.6 is 0 Å². The smallest absolute Gasteiger partial charge is 0.222 e. The third-order valence-electron chi connectivity index (χ3n) is 5.59. The first-order chi connectivity index (χ1) is 14.4. The van der Waals surface area contributed by atoms with E-state index in [0.29, 0.717) is 32.6 Å². The van der Waals surface area contributed by atoms with Crippen LogP contribution in [0.3, 0.4) is 0 Å². The zero-order chi connectivity index (χ0) is 21.6. The monoisotopic (exact) mass is 442 g/mol. The van der Waals surface area contributed by atoms with Gasteiger partial charge in [-0.15, -0.1) is 0 Å². The summed E-state index contributed by atoms with van der Waals surface area (Å²) in [5.41, 5.74) is 1.04. The predicted octanol–water partition coefficient (Wildman–Crippen LogP) is 1.73. The summed E-state index contributed by atoms with van der Waals surface area (Å²) in [5, 5.41) is 0. The first-order valence-electron chi connectivity index (χ1n) is 10.9. The summed E-state index contributed by atoms with van der Waals surface area (Å²) in [7, 11) is -3.39. The minimum Gasteiger partial charge on any atom is -0.371 e. The number of amides is 1. The van der Waals surface area contributed by atoms with Crippen LogP contribution in [0, 0.1) is 0 Å². The minimum absolute atomic E-state index is 0.0401. The molecule has 2 fully saturated rings. The molecule has 8 nitrogen and oxygen atoms in total. The van der Waals surface area contributed by atoms with Crippen molar-refractivity contribution in [2.45, 2.75) is 69.9 Å². The molecule has 170 valence electrons. The Bertz CT molecular complexity index is 743. The zero-order valence-corrected chi connectivity index (χ0v) is 18.7. The topological polar surface area (TPSA) is 94.2 Å². The second-order valence-corrected chi connectivity index (χ2v) is 9.96. The molecule has 0 unspecified atom stereocenters. The standard InChI is InChI=1S/C21H34N2O6S/c1-3-8-20(24)23-12-7-11-18(22-30(2,25)26)19(23)15-27-17-13-28-21(29-14-17)16-9-5-4-6-10-16/h5,9-10,17-19,21-22H,3-4,6-8,11-15H2,1-2H3/t17?,18-,19-,21?/m0/s1. The molecule has 0 aromatic heterocycles. The summed E-state index contributed by atoms with van der Waals surface area (Å²) in [6.07, 6.45) is 11.5. The lowest BCUT2D eigenvalue weighted by Gasteiger charge is -2.42. The van der Waals surface area contributed by atoms with Crippen molar-refractivity contribution >= 4 is 15.9 Å². The fourth-order valence-electron chi connectivity index (χ4n) is 4.16. The van der Waals surface area contributed by atoms with Crippen LogP contribution in [0.4, 0.5) is 0 Å². The molecule has 0 spiro atoms. The van der Waals surface area contributed by atoms with Crippen LogP contribution in [0.2, 0.25) is 0 Å². The molecule has 0 aromatic rings. The lowest BCUT2D eigenvalue weighted by atomic mass is 9.97. The third kappa shape index (κ3) is 6.62. The van der Waals surface area contributed by atoms with Gasteiger partial charge in [-0.05, 0) is 32.1 Å². The maximum Gasteiger partial charge on any atom is 0.222 e. The Kier molecular flexibility index (Phi) is 8.47. The van der Waals surface area contributed by atoms with Crippen LogP contribution in [-0.4, -0.2) is 76.3 Å².